The van der Waals surface area contributed by atoms with Crippen molar-refractivity contribution in [3.05, 3.63) is 29.8 Å². The van der Waals surface area contributed by atoms with E-state index in [1.54, 1.807) is 12.1 Å². The first-order valence-electron chi connectivity index (χ1n) is 4.45. The molecule has 0 saturated carbocycles. The Balaban J connectivity index is 2.62. The smallest absolute Gasteiger partial charge is 0.334 e. The highest BCUT2D eigenvalue weighted by Gasteiger charge is 2.21. The molecule has 0 spiro atoms. The van der Waals surface area contributed by atoms with Gasteiger partial charge in [0, 0.05) is 6.04 Å². The second-order valence-corrected chi connectivity index (χ2v) is 3.32. The van der Waals surface area contributed by atoms with Crippen molar-refractivity contribution in [1.82, 2.24) is 0 Å². The summed E-state index contributed by atoms with van der Waals surface area (Å²) in [6.07, 6.45) is -1.33. The predicted molar refractivity (Wildman–Crippen MR) is 53.4 cm³/mol. The second kappa shape index (κ2) is 4.77. The van der Waals surface area contributed by atoms with Crippen LogP contribution in [0.5, 0.6) is 5.75 Å². The van der Waals surface area contributed by atoms with Gasteiger partial charge in [0.2, 0.25) is 0 Å². The van der Waals surface area contributed by atoms with E-state index in [-0.39, 0.29) is 12.2 Å². The van der Waals surface area contributed by atoms with E-state index in [4.69, 9.17) is 21.1 Å². The number of benzene rings is 1. The maximum atomic E-state index is 10.4. The fraction of sp³-hybridized carbons (Fsp3) is 0.300. The molecule has 0 aliphatic heterocycles. The molecular weight excluding hydrogens is 198 g/mol. The van der Waals surface area contributed by atoms with Crippen LogP contribution in [0, 0.1) is 0 Å². The van der Waals surface area contributed by atoms with Crippen LogP contribution in [0.2, 0.25) is 0 Å². The van der Waals surface area contributed by atoms with Crippen molar-refractivity contribution in [2.75, 3.05) is 0 Å². The third-order valence-electron chi connectivity index (χ3n) is 2.07. The van der Waals surface area contributed by atoms with Crippen LogP contribution in [0.25, 0.3) is 0 Å². The van der Waals surface area contributed by atoms with Gasteiger partial charge in [-0.2, -0.15) is 0 Å². The number of hydrogen-bond acceptors (Lipinski definition) is 4. The molecule has 0 saturated heterocycles. The minimum Gasteiger partial charge on any atom is -0.508 e. The largest absolute Gasteiger partial charge is 0.508 e. The second-order valence-electron chi connectivity index (χ2n) is 3.32. The number of carboxylic acid groups (broad SMARTS) is 1. The molecule has 0 amide bonds. The van der Waals surface area contributed by atoms with Gasteiger partial charge in [0.05, 0.1) is 0 Å². The summed E-state index contributed by atoms with van der Waals surface area (Å²) < 4.78 is 0. The molecule has 5 nitrogen and oxygen atoms in total. The Hall–Kier alpha value is -1.59. The average molecular weight is 211 g/mol. The van der Waals surface area contributed by atoms with Crippen LogP contribution < -0.4 is 5.73 Å². The molecule has 15 heavy (non-hydrogen) atoms. The van der Waals surface area contributed by atoms with Gasteiger partial charge in [0.1, 0.15) is 5.75 Å². The molecule has 0 fully saturated rings. The van der Waals surface area contributed by atoms with Crippen molar-refractivity contribution < 1.29 is 20.1 Å². The molecule has 1 aromatic carbocycles. The molecule has 0 bridgehead atoms. The standard InChI is InChI=1S/C10H13NO4/c11-8(9(13)10(14)15)5-6-1-3-7(12)4-2-6/h1-4,8-9,12-13H,5,11H2,(H,14,15)/t8-,9+/m0/s1. The predicted octanol–water partition coefficient (Wildman–Crippen LogP) is -0.293. The Kier molecular flexibility index (Phi) is 3.65. The third kappa shape index (κ3) is 3.23. The van der Waals surface area contributed by atoms with E-state index >= 15 is 0 Å². The highest BCUT2D eigenvalue weighted by molar-refractivity contribution is 5.72. The van der Waals surface area contributed by atoms with Gasteiger partial charge in [0.25, 0.3) is 0 Å². The van der Waals surface area contributed by atoms with Crippen molar-refractivity contribution >= 4 is 5.97 Å². The van der Waals surface area contributed by atoms with E-state index in [1.807, 2.05) is 0 Å². The number of nitrogens with two attached hydrogens (primary N) is 1. The van der Waals surface area contributed by atoms with E-state index in [0.29, 0.717) is 0 Å². The normalized spacial score (nSPS) is 14.5. The Morgan fingerprint density at radius 3 is 2.33 bits per heavy atom. The highest BCUT2D eigenvalue weighted by atomic mass is 16.4. The monoisotopic (exact) mass is 211 g/mol. The number of aromatic hydroxyl groups is 1. The molecular formula is C10H13NO4. The van der Waals surface area contributed by atoms with Gasteiger partial charge in [-0.05, 0) is 24.1 Å². The minimum atomic E-state index is -1.57. The lowest BCUT2D eigenvalue weighted by Crippen LogP contribution is -2.41. The van der Waals surface area contributed by atoms with Gasteiger partial charge in [-0.1, -0.05) is 12.1 Å². The number of aliphatic carboxylic acids is 1. The van der Waals surface area contributed by atoms with Crippen LogP contribution in [-0.2, 0) is 11.2 Å². The summed E-state index contributed by atoms with van der Waals surface area (Å²) in [4.78, 5) is 10.4. The topological polar surface area (TPSA) is 104 Å². The minimum absolute atomic E-state index is 0.131. The molecule has 0 unspecified atom stereocenters. The molecule has 0 heterocycles. The molecule has 0 aliphatic rings. The Morgan fingerprint density at radius 1 is 1.33 bits per heavy atom. The fourth-order valence-electron chi connectivity index (χ4n) is 1.20. The maximum Gasteiger partial charge on any atom is 0.334 e. The molecule has 0 aromatic heterocycles. The van der Waals surface area contributed by atoms with E-state index in [0.717, 1.165) is 5.56 Å². The lowest BCUT2D eigenvalue weighted by atomic mass is 10.0. The van der Waals surface area contributed by atoms with Gasteiger partial charge in [-0.25, -0.2) is 4.79 Å². The summed E-state index contributed by atoms with van der Waals surface area (Å²) in [6.45, 7) is 0. The van der Waals surface area contributed by atoms with Crippen molar-refractivity contribution in [3.63, 3.8) is 0 Å². The van der Waals surface area contributed by atoms with E-state index < -0.39 is 18.1 Å². The first-order valence-corrected chi connectivity index (χ1v) is 4.45. The van der Waals surface area contributed by atoms with Crippen molar-refractivity contribution in [2.45, 2.75) is 18.6 Å². The number of aliphatic hydroxyl groups excluding tert-OH is 1. The van der Waals surface area contributed by atoms with Crippen LogP contribution >= 0.6 is 0 Å². The number of carbonyl (C=O) groups is 1. The summed E-state index contributed by atoms with van der Waals surface area (Å²) in [7, 11) is 0. The van der Waals surface area contributed by atoms with Crippen molar-refractivity contribution in [1.29, 1.82) is 0 Å². The average Bonchev–Trinajstić information content (AvgIpc) is 2.20. The lowest BCUT2D eigenvalue weighted by molar-refractivity contribution is -0.147. The van der Waals surface area contributed by atoms with Crippen LogP contribution in [-0.4, -0.2) is 33.4 Å². The summed E-state index contributed by atoms with van der Waals surface area (Å²) in [6, 6.07) is 5.37. The van der Waals surface area contributed by atoms with Crippen molar-refractivity contribution in [2.24, 2.45) is 5.73 Å². The van der Waals surface area contributed by atoms with E-state index in [2.05, 4.69) is 0 Å². The number of phenolic OH excluding ortho intramolecular Hbond substituents is 1. The molecule has 0 aliphatic carbocycles. The number of carboxylic acids is 1. The third-order valence-corrected chi connectivity index (χ3v) is 2.07. The fourth-order valence-corrected chi connectivity index (χ4v) is 1.20. The number of rotatable bonds is 4. The van der Waals surface area contributed by atoms with Gasteiger partial charge in [-0.3, -0.25) is 0 Å². The maximum absolute atomic E-state index is 10.4. The first kappa shape index (κ1) is 11.5. The van der Waals surface area contributed by atoms with Crippen LogP contribution in [0.1, 0.15) is 5.56 Å². The van der Waals surface area contributed by atoms with Crippen LogP contribution in [0.15, 0.2) is 24.3 Å². The van der Waals surface area contributed by atoms with Crippen molar-refractivity contribution in [3.8, 4) is 5.75 Å². The zero-order chi connectivity index (χ0) is 11.4. The molecule has 1 rings (SSSR count). The van der Waals surface area contributed by atoms with E-state index in [1.165, 1.54) is 12.1 Å². The molecule has 1 aromatic rings. The molecule has 5 heteroatoms. The molecule has 2 atom stereocenters. The first-order chi connectivity index (χ1) is 7.00. The highest BCUT2D eigenvalue weighted by Crippen LogP contribution is 2.11. The SMILES string of the molecule is N[C@@H](Cc1ccc(O)cc1)[C@@H](O)C(=O)O. The zero-order valence-electron chi connectivity index (χ0n) is 8.00. The summed E-state index contributed by atoms with van der Waals surface area (Å²) in [5.41, 5.74) is 6.26. The summed E-state index contributed by atoms with van der Waals surface area (Å²) >= 11 is 0. The Labute approximate surface area is 86.8 Å². The lowest BCUT2D eigenvalue weighted by Gasteiger charge is -2.14. The Bertz CT molecular complexity index is 336. The van der Waals surface area contributed by atoms with Crippen LogP contribution in [0.3, 0.4) is 0 Å². The number of hydrogen-bond donors (Lipinski definition) is 4. The number of aliphatic hydroxyl groups is 1. The molecule has 82 valence electrons. The van der Waals surface area contributed by atoms with Gasteiger partial charge in [0.15, 0.2) is 6.10 Å². The van der Waals surface area contributed by atoms with Gasteiger partial charge < -0.3 is 21.1 Å². The molecule has 5 N–H and O–H groups in total. The van der Waals surface area contributed by atoms with Crippen LogP contribution in [0.4, 0.5) is 0 Å². The zero-order valence-corrected chi connectivity index (χ0v) is 8.00. The van der Waals surface area contributed by atoms with Gasteiger partial charge in [-0.15, -0.1) is 0 Å². The Morgan fingerprint density at radius 2 is 1.87 bits per heavy atom. The number of phenols is 1. The summed E-state index contributed by atoms with van der Waals surface area (Å²) in [5.74, 6) is -1.20. The summed E-state index contributed by atoms with van der Waals surface area (Å²) in [5, 5.41) is 26.7. The molecule has 0 radical (unpaired) electrons. The quantitative estimate of drug-likeness (QED) is 0.547. The van der Waals surface area contributed by atoms with E-state index in [9.17, 15) is 4.79 Å². The van der Waals surface area contributed by atoms with Gasteiger partial charge >= 0.3 is 5.97 Å².